The van der Waals surface area contributed by atoms with Crippen molar-refractivity contribution in [2.75, 3.05) is 26.7 Å². The summed E-state index contributed by atoms with van der Waals surface area (Å²) in [4.78, 5) is 6.72. The molecule has 2 aromatic rings. The minimum Gasteiger partial charge on any atom is -0.311 e. The van der Waals surface area contributed by atoms with E-state index in [2.05, 4.69) is 29.2 Å². The van der Waals surface area contributed by atoms with E-state index in [-0.39, 0.29) is 0 Å². The van der Waals surface area contributed by atoms with Gasteiger partial charge in [-0.05, 0) is 37.4 Å². The number of fused-ring (bicyclic) bond motifs is 1. The van der Waals surface area contributed by atoms with Gasteiger partial charge in [0, 0.05) is 36.2 Å². The van der Waals surface area contributed by atoms with E-state index in [1.54, 1.807) is 0 Å². The quantitative estimate of drug-likeness (QED) is 0.823. The number of nitrogens with one attached hydrogen (secondary N) is 1. The number of rotatable bonds is 6. The molecular formula is C15H20ClN3. The number of hydrogen-bond acceptors (Lipinski definition) is 3. The molecule has 0 radical (unpaired) electrons. The van der Waals surface area contributed by atoms with Crippen LogP contribution in [0.2, 0.25) is 5.02 Å². The summed E-state index contributed by atoms with van der Waals surface area (Å²) in [6.07, 6.45) is 1.81. The number of nitrogens with zero attached hydrogens (tertiary/aromatic N) is 2. The first-order valence-electron chi connectivity index (χ1n) is 6.63. The zero-order valence-electron chi connectivity index (χ0n) is 11.5. The first-order valence-corrected chi connectivity index (χ1v) is 7.01. The van der Waals surface area contributed by atoms with Crippen molar-refractivity contribution in [1.82, 2.24) is 15.2 Å². The number of benzene rings is 1. The Morgan fingerprint density at radius 3 is 2.95 bits per heavy atom. The molecule has 0 atom stereocenters. The van der Waals surface area contributed by atoms with Crippen molar-refractivity contribution in [2.24, 2.45) is 0 Å². The van der Waals surface area contributed by atoms with Gasteiger partial charge in [-0.3, -0.25) is 4.98 Å². The van der Waals surface area contributed by atoms with E-state index in [1.165, 1.54) is 5.56 Å². The van der Waals surface area contributed by atoms with Crippen LogP contribution in [0.4, 0.5) is 0 Å². The Kier molecular flexibility index (Phi) is 5.14. The molecule has 0 fully saturated rings. The summed E-state index contributed by atoms with van der Waals surface area (Å²) in [7, 11) is 2.13. The number of pyridine rings is 1. The van der Waals surface area contributed by atoms with Crippen LogP contribution in [0.5, 0.6) is 0 Å². The van der Waals surface area contributed by atoms with Crippen molar-refractivity contribution < 1.29 is 0 Å². The van der Waals surface area contributed by atoms with Crippen molar-refractivity contribution in [2.45, 2.75) is 13.5 Å². The monoisotopic (exact) mass is 277 g/mol. The second kappa shape index (κ2) is 6.85. The highest BCUT2D eigenvalue weighted by atomic mass is 35.5. The van der Waals surface area contributed by atoms with Crippen LogP contribution in [-0.4, -0.2) is 36.6 Å². The fourth-order valence-corrected chi connectivity index (χ4v) is 2.21. The average molecular weight is 278 g/mol. The van der Waals surface area contributed by atoms with Gasteiger partial charge in [-0.15, -0.1) is 0 Å². The number of halogens is 1. The van der Waals surface area contributed by atoms with Crippen LogP contribution in [0.3, 0.4) is 0 Å². The third-order valence-corrected chi connectivity index (χ3v) is 3.66. The third-order valence-electron chi connectivity index (χ3n) is 3.33. The number of aromatic nitrogens is 1. The highest BCUT2D eigenvalue weighted by Gasteiger charge is 2.05. The Balaban J connectivity index is 2.03. The Labute approximate surface area is 119 Å². The predicted molar refractivity (Wildman–Crippen MR) is 81.6 cm³/mol. The molecule has 0 amide bonds. The molecule has 1 aromatic heterocycles. The number of likely N-dealkylation sites (N-methyl/N-ethyl adjacent to an activating group) is 1. The first kappa shape index (κ1) is 14.3. The molecule has 0 aliphatic rings. The Hall–Kier alpha value is -1.16. The lowest BCUT2D eigenvalue weighted by Crippen LogP contribution is -2.28. The molecule has 1 aromatic carbocycles. The van der Waals surface area contributed by atoms with Gasteiger partial charge < -0.3 is 10.2 Å². The lowest BCUT2D eigenvalue weighted by Gasteiger charge is -2.14. The van der Waals surface area contributed by atoms with Crippen LogP contribution in [0.25, 0.3) is 10.9 Å². The SMILES string of the molecule is CCN(C)CCNCc1ccc(Cl)c2cccnc12. The van der Waals surface area contributed by atoms with Crippen molar-refractivity contribution in [3.63, 3.8) is 0 Å². The molecule has 0 saturated carbocycles. The molecule has 1 heterocycles. The van der Waals surface area contributed by atoms with E-state index < -0.39 is 0 Å². The molecule has 0 unspecified atom stereocenters. The van der Waals surface area contributed by atoms with Crippen molar-refractivity contribution >= 4 is 22.5 Å². The van der Waals surface area contributed by atoms with E-state index in [0.29, 0.717) is 0 Å². The smallest absolute Gasteiger partial charge is 0.0761 e. The summed E-state index contributed by atoms with van der Waals surface area (Å²) in [5.41, 5.74) is 2.19. The van der Waals surface area contributed by atoms with Gasteiger partial charge in [0.15, 0.2) is 0 Å². The molecule has 19 heavy (non-hydrogen) atoms. The van der Waals surface area contributed by atoms with E-state index in [4.69, 9.17) is 11.6 Å². The molecule has 3 nitrogen and oxygen atoms in total. The van der Waals surface area contributed by atoms with E-state index >= 15 is 0 Å². The molecule has 0 aliphatic carbocycles. The van der Waals surface area contributed by atoms with Gasteiger partial charge in [0.1, 0.15) is 0 Å². The van der Waals surface area contributed by atoms with Gasteiger partial charge in [0.05, 0.1) is 5.52 Å². The van der Waals surface area contributed by atoms with E-state index in [1.807, 2.05) is 30.5 Å². The molecule has 0 spiro atoms. The van der Waals surface area contributed by atoms with Gasteiger partial charge in [0.25, 0.3) is 0 Å². The second-order valence-electron chi connectivity index (χ2n) is 4.68. The van der Waals surface area contributed by atoms with Crippen LogP contribution in [0.15, 0.2) is 30.5 Å². The Bertz CT molecular complexity index is 542. The van der Waals surface area contributed by atoms with Crippen molar-refractivity contribution in [3.05, 3.63) is 41.0 Å². The molecule has 102 valence electrons. The molecular weight excluding hydrogens is 258 g/mol. The first-order chi connectivity index (χ1) is 9.22. The Morgan fingerprint density at radius 2 is 2.16 bits per heavy atom. The molecule has 2 rings (SSSR count). The summed E-state index contributed by atoms with van der Waals surface area (Å²) in [6, 6.07) is 7.93. The second-order valence-corrected chi connectivity index (χ2v) is 5.09. The van der Waals surface area contributed by atoms with Crippen LogP contribution < -0.4 is 5.32 Å². The maximum absolute atomic E-state index is 6.18. The van der Waals surface area contributed by atoms with Crippen LogP contribution in [0.1, 0.15) is 12.5 Å². The predicted octanol–water partition coefficient (Wildman–Crippen LogP) is 2.93. The zero-order chi connectivity index (χ0) is 13.7. The van der Waals surface area contributed by atoms with Gasteiger partial charge in [-0.1, -0.05) is 24.6 Å². The summed E-state index contributed by atoms with van der Waals surface area (Å²) >= 11 is 6.18. The maximum atomic E-state index is 6.18. The fourth-order valence-electron chi connectivity index (χ4n) is 1.99. The van der Waals surface area contributed by atoms with Gasteiger partial charge >= 0.3 is 0 Å². The van der Waals surface area contributed by atoms with Crippen molar-refractivity contribution in [3.8, 4) is 0 Å². The molecule has 4 heteroatoms. The molecule has 0 bridgehead atoms. The van der Waals surface area contributed by atoms with Gasteiger partial charge in [0.2, 0.25) is 0 Å². The van der Waals surface area contributed by atoms with Crippen LogP contribution >= 0.6 is 11.6 Å². The average Bonchev–Trinajstić information content (AvgIpc) is 2.45. The highest BCUT2D eigenvalue weighted by Crippen LogP contribution is 2.24. The normalized spacial score (nSPS) is 11.4. The van der Waals surface area contributed by atoms with Gasteiger partial charge in [-0.25, -0.2) is 0 Å². The third kappa shape index (κ3) is 3.66. The van der Waals surface area contributed by atoms with Crippen LogP contribution in [-0.2, 0) is 6.54 Å². The summed E-state index contributed by atoms with van der Waals surface area (Å²) < 4.78 is 0. The maximum Gasteiger partial charge on any atom is 0.0761 e. The van der Waals surface area contributed by atoms with Crippen LogP contribution in [0, 0.1) is 0 Å². The zero-order valence-corrected chi connectivity index (χ0v) is 12.2. The Morgan fingerprint density at radius 1 is 1.32 bits per heavy atom. The summed E-state index contributed by atoms with van der Waals surface area (Å²) in [6.45, 7) is 6.09. The lowest BCUT2D eigenvalue weighted by atomic mass is 10.1. The largest absolute Gasteiger partial charge is 0.311 e. The summed E-state index contributed by atoms with van der Waals surface area (Å²) in [5.74, 6) is 0. The number of hydrogen-bond donors (Lipinski definition) is 1. The standard InChI is InChI=1S/C15H20ClN3/c1-3-19(2)10-9-17-11-12-6-7-14(16)13-5-4-8-18-15(12)13/h4-8,17H,3,9-11H2,1-2H3. The van der Waals surface area contributed by atoms with Gasteiger partial charge in [-0.2, -0.15) is 0 Å². The van der Waals surface area contributed by atoms with Crippen molar-refractivity contribution in [1.29, 1.82) is 0 Å². The molecule has 1 N–H and O–H groups in total. The fraction of sp³-hybridized carbons (Fsp3) is 0.400. The minimum absolute atomic E-state index is 0.762. The van der Waals surface area contributed by atoms with E-state index in [9.17, 15) is 0 Å². The van der Waals surface area contributed by atoms with E-state index in [0.717, 1.165) is 42.1 Å². The minimum atomic E-state index is 0.762. The highest BCUT2D eigenvalue weighted by molar-refractivity contribution is 6.35. The molecule has 0 aliphatic heterocycles. The lowest BCUT2D eigenvalue weighted by molar-refractivity contribution is 0.349. The molecule has 0 saturated heterocycles. The topological polar surface area (TPSA) is 28.2 Å². The summed E-state index contributed by atoms with van der Waals surface area (Å²) in [5, 5.41) is 5.24.